The van der Waals surface area contributed by atoms with Gasteiger partial charge in [0, 0.05) is 31.1 Å². The van der Waals surface area contributed by atoms with Crippen LogP contribution < -0.4 is 14.8 Å². The predicted molar refractivity (Wildman–Crippen MR) is 117 cm³/mol. The van der Waals surface area contributed by atoms with Crippen LogP contribution in [-0.4, -0.2) is 43.5 Å². The van der Waals surface area contributed by atoms with E-state index in [0.29, 0.717) is 42.6 Å². The fraction of sp³-hybridized carbons (Fsp3) is 0.333. The Labute approximate surface area is 183 Å². The summed E-state index contributed by atoms with van der Waals surface area (Å²) in [6.07, 6.45) is 0.940. The number of ether oxygens (including phenoxy) is 2. The topological polar surface area (TPSA) is 97.8 Å². The molecular formula is C21H21N3O5S2. The first-order valence-corrected chi connectivity index (χ1v) is 12.2. The Bertz CT molecular complexity index is 1210. The molecule has 1 fully saturated rings. The standard InChI is InChI=1S/C21H21N3O5S2/c1-13-2-4-15(5-3-13)31(26,27)24-8-6-14(7-9-24)20(25)23-21-22-16-10-17-18(29-12-28-17)11-19(16)30-21/h2-5,10-11,14H,6-9,12H2,1H3,(H,22,23,25). The van der Waals surface area contributed by atoms with Crippen LogP contribution in [0.25, 0.3) is 10.2 Å². The second-order valence-corrected chi connectivity index (χ2v) is 10.6. The van der Waals surface area contributed by atoms with Crippen LogP contribution in [0.5, 0.6) is 11.5 Å². The molecule has 31 heavy (non-hydrogen) atoms. The van der Waals surface area contributed by atoms with E-state index in [1.54, 1.807) is 30.3 Å². The van der Waals surface area contributed by atoms with Crippen LogP contribution in [-0.2, 0) is 14.8 Å². The molecule has 2 aliphatic rings. The summed E-state index contributed by atoms with van der Waals surface area (Å²) in [6.45, 7) is 2.75. The van der Waals surface area contributed by atoms with Crippen LogP contribution in [0.4, 0.5) is 5.13 Å². The second kappa shape index (κ2) is 7.77. The molecule has 162 valence electrons. The third kappa shape index (κ3) is 3.86. The summed E-state index contributed by atoms with van der Waals surface area (Å²) in [5.74, 6) is 0.939. The van der Waals surface area contributed by atoms with Crippen LogP contribution in [0.15, 0.2) is 41.3 Å². The highest BCUT2D eigenvalue weighted by molar-refractivity contribution is 7.89. The molecular weight excluding hydrogens is 438 g/mol. The van der Waals surface area contributed by atoms with Crippen LogP contribution in [0.2, 0.25) is 0 Å². The van der Waals surface area contributed by atoms with Crippen LogP contribution in [0, 0.1) is 12.8 Å². The first-order chi connectivity index (χ1) is 14.9. The molecule has 0 spiro atoms. The maximum atomic E-state index is 12.8. The molecule has 1 aromatic heterocycles. The number of thiazole rings is 1. The van der Waals surface area contributed by atoms with Crippen molar-refractivity contribution in [3.63, 3.8) is 0 Å². The zero-order chi connectivity index (χ0) is 21.6. The highest BCUT2D eigenvalue weighted by atomic mass is 32.2. The number of nitrogens with one attached hydrogen (secondary N) is 1. The summed E-state index contributed by atoms with van der Waals surface area (Å²) in [4.78, 5) is 17.5. The van der Waals surface area contributed by atoms with E-state index in [0.717, 1.165) is 15.8 Å². The molecule has 1 amide bonds. The fourth-order valence-corrected chi connectivity index (χ4v) is 6.15. The minimum atomic E-state index is -3.54. The number of amides is 1. The zero-order valence-corrected chi connectivity index (χ0v) is 18.5. The highest BCUT2D eigenvalue weighted by Crippen LogP contribution is 2.39. The summed E-state index contributed by atoms with van der Waals surface area (Å²) < 4.78 is 38.8. The van der Waals surface area contributed by atoms with Crippen molar-refractivity contribution < 1.29 is 22.7 Å². The van der Waals surface area contributed by atoms with E-state index in [1.165, 1.54) is 15.6 Å². The molecule has 0 atom stereocenters. The molecule has 1 saturated heterocycles. The number of aromatic nitrogens is 1. The number of hydrogen-bond acceptors (Lipinski definition) is 7. The molecule has 10 heteroatoms. The molecule has 2 aliphatic heterocycles. The molecule has 3 aromatic rings. The minimum Gasteiger partial charge on any atom is -0.454 e. The number of benzene rings is 2. The van der Waals surface area contributed by atoms with E-state index in [-0.39, 0.29) is 23.5 Å². The average Bonchev–Trinajstić information content (AvgIpc) is 3.37. The lowest BCUT2D eigenvalue weighted by Gasteiger charge is -2.30. The molecule has 1 N–H and O–H groups in total. The van der Waals surface area contributed by atoms with Crippen molar-refractivity contribution in [3.05, 3.63) is 42.0 Å². The fourth-order valence-electron chi connectivity index (χ4n) is 3.80. The molecule has 0 saturated carbocycles. The van der Waals surface area contributed by atoms with Crippen molar-refractivity contribution in [2.75, 3.05) is 25.2 Å². The Morgan fingerprint density at radius 1 is 1.13 bits per heavy atom. The van der Waals surface area contributed by atoms with Gasteiger partial charge in [-0.2, -0.15) is 4.31 Å². The number of hydrogen-bond donors (Lipinski definition) is 1. The number of nitrogens with zero attached hydrogens (tertiary/aromatic N) is 2. The van der Waals surface area contributed by atoms with E-state index in [4.69, 9.17) is 9.47 Å². The maximum absolute atomic E-state index is 12.8. The van der Waals surface area contributed by atoms with E-state index < -0.39 is 10.0 Å². The quantitative estimate of drug-likeness (QED) is 0.642. The Morgan fingerprint density at radius 3 is 2.52 bits per heavy atom. The van der Waals surface area contributed by atoms with Gasteiger partial charge in [0.25, 0.3) is 0 Å². The number of rotatable bonds is 4. The third-order valence-corrected chi connectivity index (χ3v) is 8.44. The van der Waals surface area contributed by atoms with Crippen LogP contribution in [0.3, 0.4) is 0 Å². The molecule has 2 aromatic carbocycles. The molecule has 0 unspecified atom stereocenters. The first-order valence-electron chi connectivity index (χ1n) is 9.98. The van der Waals surface area contributed by atoms with Crippen molar-refractivity contribution in [2.24, 2.45) is 5.92 Å². The molecule has 0 radical (unpaired) electrons. The van der Waals surface area contributed by atoms with Crippen LogP contribution >= 0.6 is 11.3 Å². The summed E-state index contributed by atoms with van der Waals surface area (Å²) in [7, 11) is -3.54. The lowest BCUT2D eigenvalue weighted by molar-refractivity contribution is -0.120. The zero-order valence-electron chi connectivity index (χ0n) is 16.8. The van der Waals surface area contributed by atoms with Crippen molar-refractivity contribution >= 4 is 42.6 Å². The van der Waals surface area contributed by atoms with Gasteiger partial charge in [-0.05, 0) is 31.9 Å². The molecule has 3 heterocycles. The number of aryl methyl sites for hydroxylation is 1. The Hall–Kier alpha value is -2.69. The molecule has 8 nitrogen and oxygen atoms in total. The van der Waals surface area contributed by atoms with Gasteiger partial charge >= 0.3 is 0 Å². The SMILES string of the molecule is Cc1ccc(S(=O)(=O)N2CCC(C(=O)Nc3nc4cc5c(cc4s3)OCO5)CC2)cc1. The summed E-state index contributed by atoms with van der Waals surface area (Å²) in [5, 5.41) is 3.40. The lowest BCUT2D eigenvalue weighted by Crippen LogP contribution is -2.41. The number of fused-ring (bicyclic) bond motifs is 2. The summed E-state index contributed by atoms with van der Waals surface area (Å²) in [6, 6.07) is 10.5. The monoisotopic (exact) mass is 459 g/mol. The third-order valence-electron chi connectivity index (χ3n) is 5.60. The van der Waals surface area contributed by atoms with Gasteiger partial charge in [0.1, 0.15) is 0 Å². The van der Waals surface area contributed by atoms with Gasteiger partial charge in [-0.25, -0.2) is 13.4 Å². The lowest BCUT2D eigenvalue weighted by atomic mass is 9.97. The van der Waals surface area contributed by atoms with Crippen molar-refractivity contribution in [1.82, 2.24) is 9.29 Å². The van der Waals surface area contributed by atoms with Gasteiger partial charge in [0.05, 0.1) is 15.1 Å². The van der Waals surface area contributed by atoms with E-state index in [2.05, 4.69) is 10.3 Å². The normalized spacial score (nSPS) is 17.2. The number of anilines is 1. The maximum Gasteiger partial charge on any atom is 0.243 e. The van der Waals surface area contributed by atoms with Gasteiger partial charge in [0.2, 0.25) is 22.7 Å². The average molecular weight is 460 g/mol. The van der Waals surface area contributed by atoms with Gasteiger partial charge in [-0.15, -0.1) is 0 Å². The van der Waals surface area contributed by atoms with Gasteiger partial charge in [0.15, 0.2) is 16.6 Å². The summed E-state index contributed by atoms with van der Waals surface area (Å²) >= 11 is 1.37. The number of piperidine rings is 1. The molecule has 0 aliphatic carbocycles. The summed E-state index contributed by atoms with van der Waals surface area (Å²) in [5.41, 5.74) is 1.75. The second-order valence-electron chi connectivity index (χ2n) is 7.67. The van der Waals surface area contributed by atoms with E-state index in [9.17, 15) is 13.2 Å². The Kier molecular flexibility index (Phi) is 5.07. The van der Waals surface area contributed by atoms with Crippen LogP contribution in [0.1, 0.15) is 18.4 Å². The number of sulfonamides is 1. The first kappa shape index (κ1) is 20.2. The van der Waals surface area contributed by atoms with Gasteiger partial charge < -0.3 is 14.8 Å². The van der Waals surface area contributed by atoms with Crippen molar-refractivity contribution in [2.45, 2.75) is 24.7 Å². The van der Waals surface area contributed by atoms with Crippen molar-refractivity contribution in [1.29, 1.82) is 0 Å². The van der Waals surface area contributed by atoms with Crippen molar-refractivity contribution in [3.8, 4) is 11.5 Å². The smallest absolute Gasteiger partial charge is 0.243 e. The number of carbonyl (C=O) groups is 1. The predicted octanol–water partition coefficient (Wildman–Crippen LogP) is 3.37. The van der Waals surface area contributed by atoms with Gasteiger partial charge in [-0.1, -0.05) is 29.0 Å². The number of carbonyl (C=O) groups excluding carboxylic acids is 1. The largest absolute Gasteiger partial charge is 0.454 e. The minimum absolute atomic E-state index is 0.133. The Balaban J connectivity index is 1.23. The highest BCUT2D eigenvalue weighted by Gasteiger charge is 2.32. The molecule has 0 bridgehead atoms. The van der Waals surface area contributed by atoms with E-state index >= 15 is 0 Å². The molecule has 5 rings (SSSR count). The van der Waals surface area contributed by atoms with Gasteiger partial charge in [-0.3, -0.25) is 4.79 Å². The Morgan fingerprint density at radius 2 is 1.81 bits per heavy atom. The van der Waals surface area contributed by atoms with E-state index in [1.807, 2.05) is 13.0 Å².